The first-order valence-electron chi connectivity index (χ1n) is 5.50. The van der Waals surface area contributed by atoms with E-state index in [1.807, 2.05) is 32.9 Å². The van der Waals surface area contributed by atoms with E-state index < -0.39 is 5.97 Å². The van der Waals surface area contributed by atoms with E-state index >= 15 is 0 Å². The third-order valence-corrected chi connectivity index (χ3v) is 2.57. The maximum Gasteiger partial charge on any atom is 0.303 e. The largest absolute Gasteiger partial charge is 0.493 e. The van der Waals surface area contributed by atoms with Crippen LogP contribution in [0.5, 0.6) is 5.75 Å². The van der Waals surface area contributed by atoms with Crippen molar-refractivity contribution in [2.75, 3.05) is 6.61 Å². The monoisotopic (exact) mass is 222 g/mol. The Kier molecular flexibility index (Phi) is 4.35. The van der Waals surface area contributed by atoms with Crippen LogP contribution in [0.25, 0.3) is 0 Å². The number of hydrogen-bond acceptors (Lipinski definition) is 2. The molecule has 0 heterocycles. The van der Waals surface area contributed by atoms with E-state index in [0.717, 1.165) is 22.4 Å². The van der Waals surface area contributed by atoms with Gasteiger partial charge in [0.2, 0.25) is 0 Å². The minimum atomic E-state index is -0.775. The summed E-state index contributed by atoms with van der Waals surface area (Å²) in [7, 11) is 0. The molecule has 0 radical (unpaired) electrons. The van der Waals surface area contributed by atoms with Crippen molar-refractivity contribution in [3.8, 4) is 5.75 Å². The molecule has 0 aliphatic carbocycles. The van der Waals surface area contributed by atoms with Crippen molar-refractivity contribution < 1.29 is 14.6 Å². The Hall–Kier alpha value is -1.51. The first-order valence-corrected chi connectivity index (χ1v) is 5.50. The summed E-state index contributed by atoms with van der Waals surface area (Å²) in [6, 6.07) is 4.01. The maximum absolute atomic E-state index is 10.6. The fourth-order valence-corrected chi connectivity index (χ4v) is 1.73. The molecule has 3 heteroatoms. The molecule has 0 saturated carbocycles. The van der Waals surface area contributed by atoms with Gasteiger partial charge in [0, 0.05) is 6.42 Å². The standard InChI is InChI=1S/C13H18O3/c1-4-16-13-10(3)6-5-9(2)11(13)7-8-12(14)15/h5-6H,4,7-8H2,1-3H3,(H,14,15). The SMILES string of the molecule is CCOc1c(C)ccc(C)c1CCC(=O)O. The molecular formula is C13H18O3. The predicted molar refractivity (Wildman–Crippen MR) is 63.0 cm³/mol. The van der Waals surface area contributed by atoms with E-state index in [9.17, 15) is 4.79 Å². The van der Waals surface area contributed by atoms with Gasteiger partial charge in [-0.25, -0.2) is 0 Å². The average Bonchev–Trinajstić information content (AvgIpc) is 2.22. The fourth-order valence-electron chi connectivity index (χ4n) is 1.73. The molecule has 0 bridgehead atoms. The molecule has 0 aromatic heterocycles. The number of rotatable bonds is 5. The fraction of sp³-hybridized carbons (Fsp3) is 0.462. The van der Waals surface area contributed by atoms with Crippen LogP contribution in [-0.4, -0.2) is 17.7 Å². The molecule has 0 aliphatic heterocycles. The average molecular weight is 222 g/mol. The van der Waals surface area contributed by atoms with E-state index in [1.54, 1.807) is 0 Å². The van der Waals surface area contributed by atoms with E-state index in [1.165, 1.54) is 0 Å². The van der Waals surface area contributed by atoms with Crippen LogP contribution in [-0.2, 0) is 11.2 Å². The van der Waals surface area contributed by atoms with Gasteiger partial charge in [-0.2, -0.15) is 0 Å². The predicted octanol–water partition coefficient (Wildman–Crippen LogP) is 2.72. The molecule has 1 aromatic rings. The smallest absolute Gasteiger partial charge is 0.303 e. The first-order chi connectivity index (χ1) is 7.56. The van der Waals surface area contributed by atoms with Gasteiger partial charge < -0.3 is 9.84 Å². The first kappa shape index (κ1) is 12.6. The zero-order valence-corrected chi connectivity index (χ0v) is 10.0. The normalized spacial score (nSPS) is 10.2. The van der Waals surface area contributed by atoms with Crippen molar-refractivity contribution in [3.63, 3.8) is 0 Å². The molecule has 0 unspecified atom stereocenters. The van der Waals surface area contributed by atoms with Gasteiger partial charge in [-0.15, -0.1) is 0 Å². The number of aryl methyl sites for hydroxylation is 2. The summed E-state index contributed by atoms with van der Waals surface area (Å²) in [6.07, 6.45) is 0.669. The molecular weight excluding hydrogens is 204 g/mol. The van der Waals surface area contributed by atoms with Crippen LogP contribution in [0.4, 0.5) is 0 Å². The number of hydrogen-bond donors (Lipinski definition) is 1. The zero-order chi connectivity index (χ0) is 12.1. The lowest BCUT2D eigenvalue weighted by atomic mass is 9.99. The maximum atomic E-state index is 10.6. The molecule has 88 valence electrons. The molecule has 3 nitrogen and oxygen atoms in total. The van der Waals surface area contributed by atoms with E-state index in [4.69, 9.17) is 9.84 Å². The van der Waals surface area contributed by atoms with Crippen molar-refractivity contribution in [1.29, 1.82) is 0 Å². The van der Waals surface area contributed by atoms with Crippen LogP contribution in [0.1, 0.15) is 30.0 Å². The van der Waals surface area contributed by atoms with Gasteiger partial charge in [0.15, 0.2) is 0 Å². The molecule has 0 atom stereocenters. The highest BCUT2D eigenvalue weighted by Gasteiger charge is 2.11. The molecule has 0 fully saturated rings. The highest BCUT2D eigenvalue weighted by Crippen LogP contribution is 2.27. The van der Waals surface area contributed by atoms with Gasteiger partial charge in [0.25, 0.3) is 0 Å². The third-order valence-electron chi connectivity index (χ3n) is 2.57. The lowest BCUT2D eigenvalue weighted by Crippen LogP contribution is -2.04. The van der Waals surface area contributed by atoms with Gasteiger partial charge in [0.05, 0.1) is 6.61 Å². The zero-order valence-electron chi connectivity index (χ0n) is 10.0. The van der Waals surface area contributed by atoms with Gasteiger partial charge >= 0.3 is 5.97 Å². The lowest BCUT2D eigenvalue weighted by Gasteiger charge is -2.15. The van der Waals surface area contributed by atoms with E-state index in [-0.39, 0.29) is 6.42 Å². The van der Waals surface area contributed by atoms with Crippen molar-refractivity contribution in [3.05, 3.63) is 28.8 Å². The Labute approximate surface area is 96.1 Å². The van der Waals surface area contributed by atoms with Crippen LogP contribution in [0.15, 0.2) is 12.1 Å². The highest BCUT2D eigenvalue weighted by atomic mass is 16.5. The Morgan fingerprint density at radius 3 is 2.50 bits per heavy atom. The Morgan fingerprint density at radius 1 is 1.31 bits per heavy atom. The van der Waals surface area contributed by atoms with Crippen LogP contribution < -0.4 is 4.74 Å². The summed E-state index contributed by atoms with van der Waals surface area (Å²) >= 11 is 0. The Morgan fingerprint density at radius 2 is 1.94 bits per heavy atom. The number of aliphatic carboxylic acids is 1. The minimum Gasteiger partial charge on any atom is -0.493 e. The second-order valence-electron chi connectivity index (χ2n) is 3.83. The summed E-state index contributed by atoms with van der Waals surface area (Å²) in [4.78, 5) is 10.6. The second-order valence-corrected chi connectivity index (χ2v) is 3.83. The summed E-state index contributed by atoms with van der Waals surface area (Å²) in [5.74, 6) is 0.0760. The molecule has 1 aromatic carbocycles. The Balaban J connectivity index is 3.02. The summed E-state index contributed by atoms with van der Waals surface area (Å²) in [5.41, 5.74) is 3.17. The summed E-state index contributed by atoms with van der Waals surface area (Å²) in [6.45, 7) is 6.50. The molecule has 0 aliphatic rings. The van der Waals surface area contributed by atoms with E-state index in [0.29, 0.717) is 13.0 Å². The number of ether oxygens (including phenoxy) is 1. The van der Waals surface area contributed by atoms with Crippen LogP contribution in [0.2, 0.25) is 0 Å². The second kappa shape index (κ2) is 5.54. The molecule has 1 N–H and O–H groups in total. The molecule has 1 rings (SSSR count). The molecule has 0 saturated heterocycles. The number of carboxylic acid groups (broad SMARTS) is 1. The van der Waals surface area contributed by atoms with Gasteiger partial charge in [-0.1, -0.05) is 12.1 Å². The topological polar surface area (TPSA) is 46.5 Å². The van der Waals surface area contributed by atoms with Crippen molar-refractivity contribution >= 4 is 5.97 Å². The quantitative estimate of drug-likeness (QED) is 0.833. The summed E-state index contributed by atoms with van der Waals surface area (Å²) < 4.78 is 5.59. The van der Waals surface area contributed by atoms with Crippen molar-refractivity contribution in [1.82, 2.24) is 0 Å². The Bertz CT molecular complexity index is 383. The number of carboxylic acids is 1. The van der Waals surface area contributed by atoms with E-state index in [2.05, 4.69) is 0 Å². The number of benzene rings is 1. The number of carbonyl (C=O) groups is 1. The highest BCUT2D eigenvalue weighted by molar-refractivity contribution is 5.67. The third kappa shape index (κ3) is 2.99. The minimum absolute atomic E-state index is 0.143. The van der Waals surface area contributed by atoms with Gasteiger partial charge in [0.1, 0.15) is 5.75 Å². The van der Waals surface area contributed by atoms with Crippen LogP contribution >= 0.6 is 0 Å². The van der Waals surface area contributed by atoms with Gasteiger partial charge in [-0.3, -0.25) is 4.79 Å². The lowest BCUT2D eigenvalue weighted by molar-refractivity contribution is -0.136. The van der Waals surface area contributed by atoms with Crippen LogP contribution in [0, 0.1) is 13.8 Å². The molecule has 0 amide bonds. The molecule has 0 spiro atoms. The summed E-state index contributed by atoms with van der Waals surface area (Å²) in [5, 5.41) is 8.71. The van der Waals surface area contributed by atoms with Gasteiger partial charge in [-0.05, 0) is 43.9 Å². The molecule has 16 heavy (non-hydrogen) atoms. The van der Waals surface area contributed by atoms with Crippen LogP contribution in [0.3, 0.4) is 0 Å². The van der Waals surface area contributed by atoms with Crippen molar-refractivity contribution in [2.24, 2.45) is 0 Å². The van der Waals surface area contributed by atoms with Crippen molar-refractivity contribution in [2.45, 2.75) is 33.6 Å².